The summed E-state index contributed by atoms with van der Waals surface area (Å²) in [6.07, 6.45) is 5.00. The van der Waals surface area contributed by atoms with E-state index in [4.69, 9.17) is 10.5 Å². The first-order valence-electron chi connectivity index (χ1n) is 6.40. The summed E-state index contributed by atoms with van der Waals surface area (Å²) >= 11 is 0. The standard InChI is InChI=1S/C17H19NO/c1-19-16-11-5-7-14(13-16)8-6-12-17(18)15-9-3-2-4-10-15/h2-11,13,17H,12,18H2,1H3/b8-6+/t17-/m0/s1. The van der Waals surface area contributed by atoms with Crippen LogP contribution < -0.4 is 10.5 Å². The molecule has 0 bridgehead atoms. The maximum atomic E-state index is 6.14. The van der Waals surface area contributed by atoms with Gasteiger partial charge in [-0.1, -0.05) is 54.6 Å². The predicted octanol–water partition coefficient (Wildman–Crippen LogP) is 3.80. The van der Waals surface area contributed by atoms with Gasteiger partial charge >= 0.3 is 0 Å². The van der Waals surface area contributed by atoms with Crippen LogP contribution in [0.4, 0.5) is 0 Å². The van der Waals surface area contributed by atoms with Crippen molar-refractivity contribution in [3.8, 4) is 5.75 Å². The second-order valence-electron chi connectivity index (χ2n) is 4.43. The maximum absolute atomic E-state index is 6.14. The molecule has 0 unspecified atom stereocenters. The molecule has 0 fully saturated rings. The fraction of sp³-hybridized carbons (Fsp3) is 0.176. The van der Waals surface area contributed by atoms with E-state index in [-0.39, 0.29) is 6.04 Å². The van der Waals surface area contributed by atoms with Crippen molar-refractivity contribution in [3.63, 3.8) is 0 Å². The van der Waals surface area contributed by atoms with Crippen LogP contribution in [0, 0.1) is 0 Å². The summed E-state index contributed by atoms with van der Waals surface area (Å²) in [5, 5.41) is 0. The highest BCUT2D eigenvalue weighted by Gasteiger charge is 2.01. The van der Waals surface area contributed by atoms with E-state index in [1.807, 2.05) is 42.5 Å². The minimum absolute atomic E-state index is 0.0445. The third kappa shape index (κ3) is 3.97. The van der Waals surface area contributed by atoms with Gasteiger partial charge in [0.15, 0.2) is 0 Å². The lowest BCUT2D eigenvalue weighted by molar-refractivity contribution is 0.414. The predicted molar refractivity (Wildman–Crippen MR) is 80.0 cm³/mol. The maximum Gasteiger partial charge on any atom is 0.119 e. The van der Waals surface area contributed by atoms with Crippen molar-refractivity contribution in [3.05, 3.63) is 71.8 Å². The molecule has 2 N–H and O–H groups in total. The molecule has 0 spiro atoms. The molecular formula is C17H19NO. The van der Waals surface area contributed by atoms with E-state index in [0.717, 1.165) is 23.3 Å². The molecule has 0 saturated heterocycles. The highest BCUT2D eigenvalue weighted by atomic mass is 16.5. The molecule has 0 aliphatic carbocycles. The number of hydrogen-bond donors (Lipinski definition) is 1. The van der Waals surface area contributed by atoms with E-state index in [1.165, 1.54) is 0 Å². The van der Waals surface area contributed by atoms with Crippen LogP contribution in [0.1, 0.15) is 23.6 Å². The zero-order valence-electron chi connectivity index (χ0n) is 11.1. The van der Waals surface area contributed by atoms with Gasteiger partial charge < -0.3 is 10.5 Å². The highest BCUT2D eigenvalue weighted by Crippen LogP contribution is 2.17. The number of nitrogens with two attached hydrogens (primary N) is 1. The summed E-state index contributed by atoms with van der Waals surface area (Å²) in [7, 11) is 1.67. The topological polar surface area (TPSA) is 35.2 Å². The Balaban J connectivity index is 1.96. The Morgan fingerprint density at radius 1 is 1.11 bits per heavy atom. The lowest BCUT2D eigenvalue weighted by atomic mass is 10.0. The molecule has 98 valence electrons. The number of methoxy groups -OCH3 is 1. The van der Waals surface area contributed by atoms with Gasteiger partial charge in [-0.15, -0.1) is 0 Å². The molecule has 0 aliphatic heterocycles. The van der Waals surface area contributed by atoms with Crippen LogP contribution in [-0.4, -0.2) is 7.11 Å². The van der Waals surface area contributed by atoms with Gasteiger partial charge in [0, 0.05) is 6.04 Å². The average Bonchev–Trinajstić information content (AvgIpc) is 2.48. The largest absolute Gasteiger partial charge is 0.497 e. The third-order valence-electron chi connectivity index (χ3n) is 3.02. The molecule has 2 aromatic rings. The van der Waals surface area contributed by atoms with Crippen LogP contribution in [0.25, 0.3) is 6.08 Å². The van der Waals surface area contributed by atoms with Crippen LogP contribution in [-0.2, 0) is 0 Å². The monoisotopic (exact) mass is 253 g/mol. The third-order valence-corrected chi connectivity index (χ3v) is 3.02. The number of benzene rings is 2. The van der Waals surface area contributed by atoms with E-state index in [1.54, 1.807) is 7.11 Å². The summed E-state index contributed by atoms with van der Waals surface area (Å²) in [6.45, 7) is 0. The normalized spacial score (nSPS) is 12.5. The number of ether oxygens (including phenoxy) is 1. The summed E-state index contributed by atoms with van der Waals surface area (Å²) in [5.41, 5.74) is 8.43. The number of hydrogen-bond acceptors (Lipinski definition) is 2. The smallest absolute Gasteiger partial charge is 0.119 e. The summed E-state index contributed by atoms with van der Waals surface area (Å²) < 4.78 is 5.19. The van der Waals surface area contributed by atoms with Crippen molar-refractivity contribution in [2.45, 2.75) is 12.5 Å². The molecule has 0 aromatic heterocycles. The summed E-state index contributed by atoms with van der Waals surface area (Å²) in [5.74, 6) is 0.870. The van der Waals surface area contributed by atoms with Gasteiger partial charge in [-0.3, -0.25) is 0 Å². The Kier molecular flexibility index (Phi) is 4.76. The first kappa shape index (κ1) is 13.4. The first-order chi connectivity index (χ1) is 9.29. The summed E-state index contributed by atoms with van der Waals surface area (Å²) in [4.78, 5) is 0. The van der Waals surface area contributed by atoms with Crippen molar-refractivity contribution in [1.29, 1.82) is 0 Å². The second-order valence-corrected chi connectivity index (χ2v) is 4.43. The van der Waals surface area contributed by atoms with Gasteiger partial charge in [-0.2, -0.15) is 0 Å². The van der Waals surface area contributed by atoms with Crippen LogP contribution in [0.15, 0.2) is 60.7 Å². The van der Waals surface area contributed by atoms with Crippen molar-refractivity contribution in [1.82, 2.24) is 0 Å². The van der Waals surface area contributed by atoms with Crippen LogP contribution >= 0.6 is 0 Å². The van der Waals surface area contributed by atoms with E-state index >= 15 is 0 Å². The highest BCUT2D eigenvalue weighted by molar-refractivity contribution is 5.51. The second kappa shape index (κ2) is 6.76. The van der Waals surface area contributed by atoms with E-state index in [2.05, 4.69) is 24.3 Å². The summed E-state index contributed by atoms with van der Waals surface area (Å²) in [6, 6.07) is 18.2. The molecule has 0 aliphatic rings. The zero-order valence-corrected chi connectivity index (χ0v) is 11.1. The molecule has 0 amide bonds. The molecule has 2 rings (SSSR count). The Bertz CT molecular complexity index is 534. The molecule has 0 heterocycles. The number of rotatable bonds is 5. The van der Waals surface area contributed by atoms with Gasteiger partial charge in [0.05, 0.1) is 7.11 Å². The van der Waals surface area contributed by atoms with E-state index < -0.39 is 0 Å². The Morgan fingerprint density at radius 3 is 2.63 bits per heavy atom. The van der Waals surface area contributed by atoms with Gasteiger partial charge in [-0.05, 0) is 29.7 Å². The Hall–Kier alpha value is -2.06. The van der Waals surface area contributed by atoms with Gasteiger partial charge in [0.2, 0.25) is 0 Å². The van der Waals surface area contributed by atoms with Crippen molar-refractivity contribution in [2.24, 2.45) is 5.73 Å². The Labute approximate surface area is 114 Å². The van der Waals surface area contributed by atoms with Gasteiger partial charge in [0.25, 0.3) is 0 Å². The zero-order chi connectivity index (χ0) is 13.5. The molecule has 0 radical (unpaired) electrons. The molecule has 1 atom stereocenters. The Morgan fingerprint density at radius 2 is 1.89 bits per heavy atom. The van der Waals surface area contributed by atoms with Crippen molar-refractivity contribution in [2.75, 3.05) is 7.11 Å². The SMILES string of the molecule is COc1cccc(/C=C/C[C@H](N)c2ccccc2)c1. The molecule has 2 nitrogen and oxygen atoms in total. The minimum atomic E-state index is 0.0445. The fourth-order valence-electron chi connectivity index (χ4n) is 1.93. The fourth-order valence-corrected chi connectivity index (χ4v) is 1.93. The minimum Gasteiger partial charge on any atom is -0.497 e. The van der Waals surface area contributed by atoms with Gasteiger partial charge in [0.1, 0.15) is 5.75 Å². The molecule has 2 heteroatoms. The van der Waals surface area contributed by atoms with Gasteiger partial charge in [-0.25, -0.2) is 0 Å². The van der Waals surface area contributed by atoms with Crippen LogP contribution in [0.2, 0.25) is 0 Å². The van der Waals surface area contributed by atoms with Crippen molar-refractivity contribution < 1.29 is 4.74 Å². The first-order valence-corrected chi connectivity index (χ1v) is 6.40. The lowest BCUT2D eigenvalue weighted by Gasteiger charge is -2.08. The molecule has 19 heavy (non-hydrogen) atoms. The molecule has 2 aromatic carbocycles. The van der Waals surface area contributed by atoms with Crippen LogP contribution in [0.5, 0.6) is 5.75 Å². The van der Waals surface area contributed by atoms with Crippen molar-refractivity contribution >= 4 is 6.08 Å². The average molecular weight is 253 g/mol. The molecule has 0 saturated carbocycles. The lowest BCUT2D eigenvalue weighted by Crippen LogP contribution is -2.08. The van der Waals surface area contributed by atoms with Crippen LogP contribution in [0.3, 0.4) is 0 Å². The van der Waals surface area contributed by atoms with E-state index in [0.29, 0.717) is 0 Å². The molecular weight excluding hydrogens is 234 g/mol. The quantitative estimate of drug-likeness (QED) is 0.879. The van der Waals surface area contributed by atoms with E-state index in [9.17, 15) is 0 Å².